The van der Waals surface area contributed by atoms with E-state index in [2.05, 4.69) is 25.2 Å². The highest BCUT2D eigenvalue weighted by molar-refractivity contribution is 5.84. The van der Waals surface area contributed by atoms with Gasteiger partial charge in [-0.25, -0.2) is 4.98 Å². The highest BCUT2D eigenvalue weighted by Gasteiger charge is 2.21. The highest BCUT2D eigenvalue weighted by Crippen LogP contribution is 2.32. The minimum Gasteiger partial charge on any atom is -0.398 e. The van der Waals surface area contributed by atoms with Gasteiger partial charge in [-0.15, -0.1) is 0 Å². The van der Waals surface area contributed by atoms with E-state index in [1.54, 1.807) is 13.8 Å². The summed E-state index contributed by atoms with van der Waals surface area (Å²) >= 11 is 0. The molecule has 0 saturated heterocycles. The van der Waals surface area contributed by atoms with E-state index in [0.717, 1.165) is 35.3 Å². The van der Waals surface area contributed by atoms with E-state index in [-0.39, 0.29) is 0 Å². The molecule has 0 radical (unpaired) electrons. The van der Waals surface area contributed by atoms with Crippen molar-refractivity contribution < 1.29 is 5.11 Å². The number of anilines is 3. The van der Waals surface area contributed by atoms with Crippen molar-refractivity contribution in [1.82, 2.24) is 19.5 Å². The minimum atomic E-state index is -0.867. The number of aliphatic hydroxyl groups is 1. The first-order chi connectivity index (χ1) is 14.4. The molecule has 0 spiro atoms. The normalized spacial score (nSPS) is 15.4. The number of para-hydroxylation sites is 1. The minimum absolute atomic E-state index is 0.348. The van der Waals surface area contributed by atoms with Crippen LogP contribution in [0.5, 0.6) is 0 Å². The quantitative estimate of drug-likeness (QED) is 0.440. The molecule has 4 rings (SSSR count). The lowest BCUT2D eigenvalue weighted by atomic mass is 9.95. The molecule has 3 aromatic rings. The molecular weight excluding hydrogens is 378 g/mol. The lowest BCUT2D eigenvalue weighted by Gasteiger charge is -2.23. The first kappa shape index (κ1) is 20.4. The van der Waals surface area contributed by atoms with Crippen LogP contribution in [0.25, 0.3) is 11.2 Å². The number of aromatic nitrogens is 4. The average Bonchev–Trinajstić information content (AvgIpc) is 3.16. The predicted molar refractivity (Wildman–Crippen MR) is 120 cm³/mol. The lowest BCUT2D eigenvalue weighted by Crippen LogP contribution is -2.30. The Balaban J connectivity index is 1.67. The first-order valence-corrected chi connectivity index (χ1v) is 10.7. The number of nitrogens with two attached hydrogens (primary N) is 1. The van der Waals surface area contributed by atoms with Crippen molar-refractivity contribution >= 4 is 28.6 Å². The van der Waals surface area contributed by atoms with Gasteiger partial charge in [-0.3, -0.25) is 0 Å². The number of fused-ring (bicyclic) bond motifs is 1. The second-order valence-corrected chi connectivity index (χ2v) is 8.73. The van der Waals surface area contributed by atoms with Crippen molar-refractivity contribution in [3.05, 3.63) is 36.2 Å². The molecule has 0 unspecified atom stereocenters. The number of hydrogen-bond acceptors (Lipinski definition) is 7. The summed E-state index contributed by atoms with van der Waals surface area (Å²) in [4.78, 5) is 14.0. The number of rotatable bonds is 7. The Bertz CT molecular complexity index is 1000. The first-order valence-electron chi connectivity index (χ1n) is 10.7. The maximum Gasteiger partial charge on any atom is 0.226 e. The Kier molecular flexibility index (Phi) is 5.76. The van der Waals surface area contributed by atoms with Gasteiger partial charge in [0.1, 0.15) is 0 Å². The molecule has 8 nitrogen and oxygen atoms in total. The summed E-state index contributed by atoms with van der Waals surface area (Å²) in [5, 5.41) is 16.7. The second kappa shape index (κ2) is 8.47. The van der Waals surface area contributed by atoms with E-state index in [1.165, 1.54) is 19.3 Å². The van der Waals surface area contributed by atoms with E-state index in [9.17, 15) is 5.11 Å². The summed E-state index contributed by atoms with van der Waals surface area (Å²) in [6, 6.07) is 8.19. The molecule has 5 N–H and O–H groups in total. The van der Waals surface area contributed by atoms with Gasteiger partial charge in [0, 0.05) is 24.8 Å². The molecule has 1 aliphatic rings. The van der Waals surface area contributed by atoms with Crippen LogP contribution in [-0.2, 0) is 6.54 Å². The number of hydrogen-bond donors (Lipinski definition) is 4. The van der Waals surface area contributed by atoms with E-state index in [1.807, 2.05) is 30.6 Å². The Morgan fingerprint density at radius 2 is 1.90 bits per heavy atom. The highest BCUT2D eigenvalue weighted by atomic mass is 16.3. The number of benzene rings is 1. The topological polar surface area (TPSA) is 114 Å². The summed E-state index contributed by atoms with van der Waals surface area (Å²) in [5.41, 5.74) is 8.54. The number of nitrogens with zero attached hydrogens (tertiary/aromatic N) is 4. The Hall–Kier alpha value is -2.87. The van der Waals surface area contributed by atoms with Gasteiger partial charge in [0.2, 0.25) is 5.95 Å². The molecule has 1 aliphatic carbocycles. The third-order valence-corrected chi connectivity index (χ3v) is 5.57. The number of nitrogen functional groups attached to an aromatic ring is 1. The lowest BCUT2D eigenvalue weighted by molar-refractivity contribution is 0.0943. The summed E-state index contributed by atoms with van der Waals surface area (Å²) in [5.74, 6) is 1.14. The fourth-order valence-electron chi connectivity index (χ4n) is 3.91. The van der Waals surface area contributed by atoms with Crippen LogP contribution in [0, 0.1) is 0 Å². The summed E-state index contributed by atoms with van der Waals surface area (Å²) < 4.78 is 2.19. The van der Waals surface area contributed by atoms with E-state index in [4.69, 9.17) is 10.7 Å². The van der Waals surface area contributed by atoms with Crippen LogP contribution < -0.4 is 16.4 Å². The number of nitrogens with one attached hydrogen (secondary N) is 2. The fourth-order valence-corrected chi connectivity index (χ4v) is 3.91. The standard InChI is InChI=1S/C22H31N7O/c1-22(2,30)13-25-21-27-19(24-12-15-8-6-7-11-17(15)23)18-20(28-21)29(14-26-18)16-9-4-3-5-10-16/h6-8,11,14,16,30H,3-5,9-10,12-13,23H2,1-2H3,(H2,24,25,27,28). The Morgan fingerprint density at radius 1 is 1.13 bits per heavy atom. The van der Waals surface area contributed by atoms with Crippen LogP contribution in [0.15, 0.2) is 30.6 Å². The van der Waals surface area contributed by atoms with Crippen molar-refractivity contribution in [2.75, 3.05) is 22.9 Å². The van der Waals surface area contributed by atoms with E-state index in [0.29, 0.717) is 30.9 Å². The van der Waals surface area contributed by atoms with Crippen molar-refractivity contribution in [3.8, 4) is 0 Å². The van der Waals surface area contributed by atoms with Crippen LogP contribution in [0.2, 0.25) is 0 Å². The van der Waals surface area contributed by atoms with Crippen LogP contribution in [0.1, 0.15) is 57.6 Å². The van der Waals surface area contributed by atoms with Crippen molar-refractivity contribution in [3.63, 3.8) is 0 Å². The zero-order chi connectivity index (χ0) is 21.1. The molecule has 0 amide bonds. The van der Waals surface area contributed by atoms with Gasteiger partial charge >= 0.3 is 0 Å². The zero-order valence-corrected chi connectivity index (χ0v) is 17.7. The molecule has 0 aliphatic heterocycles. The van der Waals surface area contributed by atoms with E-state index >= 15 is 0 Å². The molecule has 8 heteroatoms. The molecule has 2 heterocycles. The molecular formula is C22H31N7O. The van der Waals surface area contributed by atoms with Crippen molar-refractivity contribution in [2.45, 2.75) is 64.1 Å². The smallest absolute Gasteiger partial charge is 0.226 e. The van der Waals surface area contributed by atoms with Gasteiger partial charge in [0.15, 0.2) is 17.0 Å². The van der Waals surface area contributed by atoms with Crippen LogP contribution in [0.3, 0.4) is 0 Å². The third kappa shape index (κ3) is 4.64. The van der Waals surface area contributed by atoms with Gasteiger partial charge < -0.3 is 26.0 Å². The van der Waals surface area contributed by atoms with Gasteiger partial charge in [-0.1, -0.05) is 37.5 Å². The average molecular weight is 410 g/mol. The van der Waals surface area contributed by atoms with Gasteiger partial charge in [0.05, 0.1) is 11.9 Å². The SMILES string of the molecule is CC(C)(O)CNc1nc(NCc2ccccc2N)c2ncn(C3CCCCC3)c2n1. The number of imidazole rings is 1. The maximum absolute atomic E-state index is 10.1. The molecule has 1 fully saturated rings. The zero-order valence-electron chi connectivity index (χ0n) is 17.7. The summed E-state index contributed by atoms with van der Waals surface area (Å²) in [6.07, 6.45) is 7.94. The van der Waals surface area contributed by atoms with Crippen molar-refractivity contribution in [1.29, 1.82) is 0 Å². The van der Waals surface area contributed by atoms with Crippen LogP contribution >= 0.6 is 0 Å². The van der Waals surface area contributed by atoms with Crippen LogP contribution in [-0.4, -0.2) is 36.8 Å². The predicted octanol–water partition coefficient (Wildman–Crippen LogP) is 3.71. The molecule has 30 heavy (non-hydrogen) atoms. The molecule has 1 saturated carbocycles. The monoisotopic (exact) mass is 409 g/mol. The molecule has 1 aromatic carbocycles. The largest absolute Gasteiger partial charge is 0.398 e. The maximum atomic E-state index is 10.1. The molecule has 0 atom stereocenters. The Labute approximate surface area is 176 Å². The third-order valence-electron chi connectivity index (χ3n) is 5.57. The fraction of sp³-hybridized carbons (Fsp3) is 0.500. The van der Waals surface area contributed by atoms with Crippen molar-refractivity contribution in [2.24, 2.45) is 0 Å². The van der Waals surface area contributed by atoms with Gasteiger partial charge in [-0.05, 0) is 38.3 Å². The second-order valence-electron chi connectivity index (χ2n) is 8.73. The summed E-state index contributed by atoms with van der Waals surface area (Å²) in [7, 11) is 0. The summed E-state index contributed by atoms with van der Waals surface area (Å²) in [6.45, 7) is 4.39. The van der Waals surface area contributed by atoms with E-state index < -0.39 is 5.60 Å². The van der Waals surface area contributed by atoms with Crippen LogP contribution in [0.4, 0.5) is 17.5 Å². The Morgan fingerprint density at radius 3 is 2.63 bits per heavy atom. The molecule has 2 aromatic heterocycles. The molecule has 160 valence electrons. The van der Waals surface area contributed by atoms with Gasteiger partial charge in [0.25, 0.3) is 0 Å². The van der Waals surface area contributed by atoms with Gasteiger partial charge in [-0.2, -0.15) is 9.97 Å². The molecule has 0 bridgehead atoms.